The number of aliphatic hydroxyl groups is 1. The molecule has 34 heavy (non-hydrogen) atoms. The lowest BCUT2D eigenvalue weighted by Crippen LogP contribution is -2.48. The van der Waals surface area contributed by atoms with E-state index in [4.69, 9.17) is 0 Å². The molecule has 3 aromatic carbocycles. The molecule has 3 nitrogen and oxygen atoms in total. The summed E-state index contributed by atoms with van der Waals surface area (Å²) in [6, 6.07) is 29.2. The predicted molar refractivity (Wildman–Crippen MR) is 145 cm³/mol. The molecule has 1 N–H and O–H groups in total. The third-order valence-corrected chi connectivity index (χ3v) is 6.91. The maximum Gasteiger partial charge on any atom is 0.0434 e. The average Bonchev–Trinajstić information content (AvgIpc) is 2.88. The number of allylic oxidation sites excluding steroid dienone is 1. The molecule has 0 aromatic heterocycles. The number of piperazine rings is 1. The second kappa shape index (κ2) is 11.5. The lowest BCUT2D eigenvalue weighted by atomic mass is 9.87. The van der Waals surface area contributed by atoms with Crippen LogP contribution in [0.5, 0.6) is 0 Å². The van der Waals surface area contributed by atoms with Crippen LogP contribution >= 0.6 is 0 Å². The summed E-state index contributed by atoms with van der Waals surface area (Å²) in [5.74, 6) is 0. The first-order chi connectivity index (χ1) is 16.6. The van der Waals surface area contributed by atoms with Gasteiger partial charge in [0, 0.05) is 44.5 Å². The van der Waals surface area contributed by atoms with Gasteiger partial charge < -0.3 is 10.0 Å². The summed E-state index contributed by atoms with van der Waals surface area (Å²) < 4.78 is 0. The first-order valence-electron chi connectivity index (χ1n) is 12.6. The van der Waals surface area contributed by atoms with Crippen molar-refractivity contribution in [1.82, 2.24) is 4.90 Å². The van der Waals surface area contributed by atoms with Crippen molar-refractivity contribution in [2.75, 3.05) is 37.7 Å². The summed E-state index contributed by atoms with van der Waals surface area (Å²) >= 11 is 0. The Bertz CT molecular complexity index is 1060. The minimum atomic E-state index is 0.193. The second-order valence-corrected chi connectivity index (χ2v) is 9.58. The van der Waals surface area contributed by atoms with Crippen molar-refractivity contribution in [3.05, 3.63) is 101 Å². The Kier molecular flexibility index (Phi) is 8.21. The number of rotatable bonds is 8. The van der Waals surface area contributed by atoms with E-state index in [1.54, 1.807) is 0 Å². The maximum atomic E-state index is 9.62. The number of anilines is 1. The molecular formula is C31H38N2O. The second-order valence-electron chi connectivity index (χ2n) is 9.58. The summed E-state index contributed by atoms with van der Waals surface area (Å²) in [6.07, 6.45) is 1.58. The van der Waals surface area contributed by atoms with E-state index in [0.717, 1.165) is 39.0 Å². The van der Waals surface area contributed by atoms with Crippen LogP contribution in [0.25, 0.3) is 11.1 Å². The molecule has 0 amide bonds. The van der Waals surface area contributed by atoms with E-state index >= 15 is 0 Å². The lowest BCUT2D eigenvalue weighted by Gasteiger charge is -2.38. The Morgan fingerprint density at radius 2 is 1.35 bits per heavy atom. The molecule has 0 aliphatic carbocycles. The molecule has 0 bridgehead atoms. The van der Waals surface area contributed by atoms with E-state index in [1.807, 2.05) is 0 Å². The van der Waals surface area contributed by atoms with Crippen molar-refractivity contribution >= 4 is 16.8 Å². The number of aryl methyl sites for hydroxylation is 1. The quantitative estimate of drug-likeness (QED) is 0.407. The number of hydrogen-bond acceptors (Lipinski definition) is 3. The van der Waals surface area contributed by atoms with Crippen LogP contribution in [0, 0.1) is 6.92 Å². The molecule has 1 fully saturated rings. The van der Waals surface area contributed by atoms with Crippen molar-refractivity contribution < 1.29 is 5.11 Å². The van der Waals surface area contributed by atoms with Gasteiger partial charge in [-0.25, -0.2) is 0 Å². The standard InChI is InChI=1S/C31H38N2O/c1-24(2)32-19-21-33(22-20-32)29-17-15-28(16-18-29)31(27-13-11-25(3)12-14-27)30(10-7-23-34)26-8-5-4-6-9-26/h4-6,8-9,11-18,24,34H,7,10,19-23H2,1-3H3. The highest BCUT2D eigenvalue weighted by molar-refractivity contribution is 5.98. The summed E-state index contributed by atoms with van der Waals surface area (Å²) in [5.41, 5.74) is 8.78. The van der Waals surface area contributed by atoms with Crippen LogP contribution < -0.4 is 4.90 Å². The Morgan fingerprint density at radius 3 is 1.91 bits per heavy atom. The third kappa shape index (κ3) is 5.78. The minimum absolute atomic E-state index is 0.193. The van der Waals surface area contributed by atoms with E-state index in [0.29, 0.717) is 6.04 Å². The molecule has 0 unspecified atom stereocenters. The molecule has 0 radical (unpaired) electrons. The van der Waals surface area contributed by atoms with Gasteiger partial charge in [-0.1, -0.05) is 72.3 Å². The first kappa shape index (κ1) is 24.3. The molecule has 1 aliphatic rings. The van der Waals surface area contributed by atoms with Crippen LogP contribution in [0.15, 0.2) is 78.9 Å². The van der Waals surface area contributed by atoms with E-state index in [2.05, 4.69) is 109 Å². The molecule has 178 valence electrons. The zero-order valence-corrected chi connectivity index (χ0v) is 20.9. The van der Waals surface area contributed by atoms with Crippen LogP contribution in [0.2, 0.25) is 0 Å². The van der Waals surface area contributed by atoms with Crippen LogP contribution in [-0.4, -0.2) is 48.8 Å². The molecule has 0 atom stereocenters. The maximum absolute atomic E-state index is 9.62. The monoisotopic (exact) mass is 454 g/mol. The third-order valence-electron chi connectivity index (χ3n) is 6.91. The smallest absolute Gasteiger partial charge is 0.0434 e. The van der Waals surface area contributed by atoms with Gasteiger partial charge in [-0.3, -0.25) is 4.90 Å². The number of aliphatic hydroxyl groups excluding tert-OH is 1. The molecule has 0 spiro atoms. The Hall–Kier alpha value is -2.88. The molecular weight excluding hydrogens is 416 g/mol. The average molecular weight is 455 g/mol. The Labute approximate surface area is 205 Å². The normalized spacial score (nSPS) is 15.5. The highest BCUT2D eigenvalue weighted by Crippen LogP contribution is 2.36. The van der Waals surface area contributed by atoms with Crippen LogP contribution in [0.3, 0.4) is 0 Å². The highest BCUT2D eigenvalue weighted by atomic mass is 16.2. The summed E-state index contributed by atoms with van der Waals surface area (Å²) in [4.78, 5) is 5.05. The molecule has 4 rings (SSSR count). The largest absolute Gasteiger partial charge is 0.396 e. The topological polar surface area (TPSA) is 26.7 Å². The summed E-state index contributed by atoms with van der Waals surface area (Å²) in [6.45, 7) is 11.3. The highest BCUT2D eigenvalue weighted by Gasteiger charge is 2.20. The Balaban J connectivity index is 1.72. The van der Waals surface area contributed by atoms with Gasteiger partial charge in [-0.15, -0.1) is 0 Å². The van der Waals surface area contributed by atoms with Gasteiger partial charge in [-0.2, -0.15) is 0 Å². The molecule has 0 saturated carbocycles. The van der Waals surface area contributed by atoms with Gasteiger partial charge in [0.05, 0.1) is 0 Å². The number of nitrogens with zero attached hydrogens (tertiary/aromatic N) is 2. The summed E-state index contributed by atoms with van der Waals surface area (Å²) in [7, 11) is 0. The Morgan fingerprint density at radius 1 is 0.765 bits per heavy atom. The number of benzene rings is 3. The molecule has 1 saturated heterocycles. The van der Waals surface area contributed by atoms with Gasteiger partial charge in [0.15, 0.2) is 0 Å². The van der Waals surface area contributed by atoms with E-state index in [1.165, 1.54) is 39.1 Å². The predicted octanol–water partition coefficient (Wildman–Crippen LogP) is 6.26. The fourth-order valence-corrected chi connectivity index (χ4v) is 4.88. The van der Waals surface area contributed by atoms with Crippen molar-refractivity contribution in [2.24, 2.45) is 0 Å². The lowest BCUT2D eigenvalue weighted by molar-refractivity contribution is 0.209. The first-order valence-corrected chi connectivity index (χ1v) is 12.6. The zero-order valence-electron chi connectivity index (χ0n) is 20.9. The SMILES string of the molecule is Cc1ccc(C(=C(CCCO)c2ccccc2)c2ccc(N3CCN(C(C)C)CC3)cc2)cc1. The van der Waals surface area contributed by atoms with E-state index < -0.39 is 0 Å². The van der Waals surface area contributed by atoms with Crippen LogP contribution in [0.4, 0.5) is 5.69 Å². The zero-order chi connectivity index (χ0) is 23.9. The van der Waals surface area contributed by atoms with Crippen molar-refractivity contribution in [1.29, 1.82) is 0 Å². The van der Waals surface area contributed by atoms with Gasteiger partial charge in [0.2, 0.25) is 0 Å². The van der Waals surface area contributed by atoms with Gasteiger partial charge in [0.1, 0.15) is 0 Å². The van der Waals surface area contributed by atoms with E-state index in [9.17, 15) is 5.11 Å². The molecule has 3 heteroatoms. The molecule has 3 aromatic rings. The molecule has 1 aliphatic heterocycles. The summed E-state index contributed by atoms with van der Waals surface area (Å²) in [5, 5.41) is 9.62. The van der Waals surface area contributed by atoms with Crippen molar-refractivity contribution in [2.45, 2.75) is 39.7 Å². The van der Waals surface area contributed by atoms with Crippen LogP contribution in [-0.2, 0) is 0 Å². The number of hydrogen-bond donors (Lipinski definition) is 1. The van der Waals surface area contributed by atoms with Gasteiger partial charge in [-0.05, 0) is 73.6 Å². The van der Waals surface area contributed by atoms with Crippen molar-refractivity contribution in [3.8, 4) is 0 Å². The van der Waals surface area contributed by atoms with Crippen molar-refractivity contribution in [3.63, 3.8) is 0 Å². The minimum Gasteiger partial charge on any atom is -0.396 e. The fraction of sp³-hybridized carbons (Fsp3) is 0.355. The van der Waals surface area contributed by atoms with Crippen LogP contribution in [0.1, 0.15) is 48.9 Å². The van der Waals surface area contributed by atoms with Gasteiger partial charge >= 0.3 is 0 Å². The molecule has 1 heterocycles. The fourth-order valence-electron chi connectivity index (χ4n) is 4.88. The van der Waals surface area contributed by atoms with Gasteiger partial charge in [0.25, 0.3) is 0 Å². The van der Waals surface area contributed by atoms with E-state index in [-0.39, 0.29) is 6.61 Å².